The molecule has 418 valence electrons. The van der Waals surface area contributed by atoms with Gasteiger partial charge in [0, 0.05) is 44.3 Å². The molecule has 0 aliphatic carbocycles. The van der Waals surface area contributed by atoms with Gasteiger partial charge in [-0.1, -0.05) is 172 Å². The molecule has 0 unspecified atom stereocenters. The van der Waals surface area contributed by atoms with Crippen LogP contribution in [0.5, 0.6) is 0 Å². The maximum Gasteiger partial charge on any atom is 0.129 e. The Bertz CT molecular complexity index is 4880. The van der Waals surface area contributed by atoms with Crippen molar-refractivity contribution in [2.75, 3.05) is 0 Å². The molecule has 14 rings (SSSR count). The van der Waals surface area contributed by atoms with Crippen LogP contribution in [-0.2, 0) is 0 Å². The zero-order valence-corrected chi connectivity index (χ0v) is 51.6. The minimum absolute atomic E-state index is 0.682. The predicted molar refractivity (Wildman–Crippen MR) is 374 cm³/mol. The monoisotopic (exact) mass is 1160 g/mol. The van der Waals surface area contributed by atoms with E-state index in [1.165, 1.54) is 0 Å². The average Bonchev–Trinajstić information content (AvgIpc) is 2.85. The van der Waals surface area contributed by atoms with E-state index in [0.29, 0.717) is 22.5 Å². The van der Waals surface area contributed by atoms with E-state index >= 15 is 0 Å². The van der Waals surface area contributed by atoms with Crippen molar-refractivity contribution < 1.29 is 0 Å². The van der Waals surface area contributed by atoms with Crippen molar-refractivity contribution >= 4 is 109 Å². The topological polar surface area (TPSA) is 115 Å². The first-order chi connectivity index (χ1) is 42.8. The SMILES string of the molecule is C[Si](C)(C)C#Cc1c2nc(c(-c3ccccc3)c3ccc([nH]3)c(C#CC#Cc3c4nc(c(-c5ccccc5)c5ccc([nH]5)c(C#C[Si](C)(C)C)c5nc(c(-c6ccccc6)c6ccc3[nH]6)C=C5)C=C4)c3nc(c(-c4ccccc4)c4ccc1[nH]4)C=C3)C=C2. The van der Waals surface area contributed by atoms with Crippen molar-refractivity contribution in [2.24, 2.45) is 0 Å². The van der Waals surface area contributed by atoms with Gasteiger partial charge < -0.3 is 19.9 Å². The van der Waals surface area contributed by atoms with Gasteiger partial charge in [-0.2, -0.15) is 0 Å². The van der Waals surface area contributed by atoms with Gasteiger partial charge >= 0.3 is 0 Å². The second-order valence-corrected chi connectivity index (χ2v) is 33.5. The fourth-order valence-corrected chi connectivity index (χ4v) is 12.3. The third-order valence-electron chi connectivity index (χ3n) is 15.3. The Balaban J connectivity index is 1.03. The Morgan fingerprint density at radius 3 is 0.705 bits per heavy atom. The Labute approximate surface area is 513 Å². The highest BCUT2D eigenvalue weighted by Gasteiger charge is 2.21. The molecule has 0 radical (unpaired) electrons. The molecule has 16 bridgehead atoms. The first-order valence-corrected chi connectivity index (χ1v) is 36.5. The maximum absolute atomic E-state index is 5.44. The summed E-state index contributed by atoms with van der Waals surface area (Å²) >= 11 is 0. The fourth-order valence-electron chi connectivity index (χ4n) is 11.3. The molecule has 6 aromatic heterocycles. The highest BCUT2D eigenvalue weighted by atomic mass is 28.3. The van der Waals surface area contributed by atoms with E-state index in [4.69, 9.17) is 19.9 Å². The van der Waals surface area contributed by atoms with Gasteiger partial charge in [-0.15, -0.1) is 11.1 Å². The summed E-state index contributed by atoms with van der Waals surface area (Å²) in [5.41, 5.74) is 31.3. The molecule has 10 aromatic rings. The van der Waals surface area contributed by atoms with Crippen LogP contribution >= 0.6 is 0 Å². The molecule has 0 amide bonds. The summed E-state index contributed by atoms with van der Waals surface area (Å²) < 4.78 is 0. The van der Waals surface area contributed by atoms with Crippen LogP contribution in [0.1, 0.15) is 67.8 Å². The summed E-state index contributed by atoms with van der Waals surface area (Å²) in [6, 6.07) is 58.4. The first-order valence-electron chi connectivity index (χ1n) is 29.5. The lowest BCUT2D eigenvalue weighted by atomic mass is 10.0. The lowest BCUT2D eigenvalue weighted by molar-refractivity contribution is 1.30. The Morgan fingerprint density at radius 1 is 0.250 bits per heavy atom. The third kappa shape index (κ3) is 11.1. The van der Waals surface area contributed by atoms with Crippen LogP contribution in [0.2, 0.25) is 39.3 Å². The number of fused-ring (bicyclic) bond motifs is 16. The number of aromatic nitrogens is 8. The molecule has 88 heavy (non-hydrogen) atoms. The van der Waals surface area contributed by atoms with Gasteiger partial charge in [0.25, 0.3) is 0 Å². The number of rotatable bonds is 4. The van der Waals surface area contributed by atoms with Crippen molar-refractivity contribution in [1.29, 1.82) is 0 Å². The van der Waals surface area contributed by atoms with Crippen LogP contribution < -0.4 is 0 Å². The number of nitrogens with one attached hydrogen (secondary N) is 4. The summed E-state index contributed by atoms with van der Waals surface area (Å²) in [5, 5.41) is 0. The van der Waals surface area contributed by atoms with Crippen molar-refractivity contribution in [3.63, 3.8) is 0 Å². The number of hydrogen-bond acceptors (Lipinski definition) is 4. The van der Waals surface area contributed by atoms with E-state index < -0.39 is 16.1 Å². The van der Waals surface area contributed by atoms with E-state index in [9.17, 15) is 0 Å². The quantitative estimate of drug-likeness (QED) is 0.104. The van der Waals surface area contributed by atoms with E-state index in [0.717, 1.165) is 134 Å². The van der Waals surface area contributed by atoms with Crippen molar-refractivity contribution in [3.05, 3.63) is 238 Å². The minimum atomic E-state index is -1.80. The van der Waals surface area contributed by atoms with Gasteiger partial charge in [0.05, 0.1) is 89.9 Å². The zero-order chi connectivity index (χ0) is 59.9. The van der Waals surface area contributed by atoms with Gasteiger partial charge in [0.1, 0.15) is 16.1 Å². The summed E-state index contributed by atoms with van der Waals surface area (Å²) in [6.07, 6.45) is 16.6. The summed E-state index contributed by atoms with van der Waals surface area (Å²) in [5.74, 6) is 21.0. The summed E-state index contributed by atoms with van der Waals surface area (Å²) in [4.78, 5) is 36.9. The average molecular weight is 1160 g/mol. The summed E-state index contributed by atoms with van der Waals surface area (Å²) in [6.45, 7) is 13.6. The predicted octanol–water partition coefficient (Wildman–Crippen LogP) is 18.2. The van der Waals surface area contributed by atoms with Gasteiger partial charge in [-0.05, 0) is 143 Å². The molecule has 4 N–H and O–H groups in total. The molecule has 10 heteroatoms. The van der Waals surface area contributed by atoms with E-state index in [2.05, 4.69) is 288 Å². The first kappa shape index (κ1) is 54.7. The van der Waals surface area contributed by atoms with Gasteiger partial charge in [0.2, 0.25) is 0 Å². The number of nitrogens with zero attached hydrogens (tertiary/aromatic N) is 4. The fraction of sp³-hybridized carbons (Fsp3) is 0.0769. The molecule has 8 nitrogen and oxygen atoms in total. The molecule has 4 aliphatic rings. The number of H-pyrrole nitrogens is 4. The highest BCUT2D eigenvalue weighted by molar-refractivity contribution is 6.84. The van der Waals surface area contributed by atoms with Crippen LogP contribution in [-0.4, -0.2) is 56.0 Å². The van der Waals surface area contributed by atoms with Crippen LogP contribution in [0.25, 0.3) is 137 Å². The van der Waals surface area contributed by atoms with E-state index in [-0.39, 0.29) is 0 Å². The molecular formula is C78H58N8Si2. The molecule has 4 aliphatic heterocycles. The highest BCUT2D eigenvalue weighted by Crippen LogP contribution is 2.37. The standard InChI is InChI=1S/C78H58N8Si2/c1-87(2,3)49-47-57-63-35-43-71(83-63)75(51-21-11-7-12-22-51)67-39-31-59(79-67)55(60-32-40-68(80-60)76(52-23-13-8-14-24-52)72-44-36-64(57)84-72)29-19-20-30-56-61-33-41-69(81-61)77(53-25-15-9-16-26-53)73-45-37-65(85-73)58(48-50-88(4,5)6)66-38-46-74(86-66)78(54-27-17-10-18-28-54)70-42-34-62(56)82-70/h7-18,21-28,31-46,79,81,84,86H,1-6H3. The van der Waals surface area contributed by atoms with Gasteiger partial charge in [0.15, 0.2) is 0 Å². The molecule has 0 fully saturated rings. The van der Waals surface area contributed by atoms with Crippen LogP contribution in [0, 0.1) is 46.6 Å². The van der Waals surface area contributed by atoms with Crippen LogP contribution in [0.3, 0.4) is 0 Å². The number of benzene rings is 4. The second kappa shape index (κ2) is 22.6. The second-order valence-electron chi connectivity index (χ2n) is 24.0. The Morgan fingerprint density at radius 2 is 0.466 bits per heavy atom. The molecule has 0 saturated heterocycles. The third-order valence-corrected chi connectivity index (χ3v) is 17.1. The Hall–Kier alpha value is -11.2. The summed E-state index contributed by atoms with van der Waals surface area (Å²) in [7, 11) is -3.60. The lowest BCUT2D eigenvalue weighted by Gasteiger charge is -2.05. The number of hydrogen-bond donors (Lipinski definition) is 4. The largest absolute Gasteiger partial charge is 0.354 e. The number of aromatic amines is 4. The molecule has 0 atom stereocenters. The molecular weight excluding hydrogens is 1110 g/mol. The normalized spacial score (nSPS) is 12.1. The lowest BCUT2D eigenvalue weighted by Crippen LogP contribution is -2.16. The molecule has 0 saturated carbocycles. The van der Waals surface area contributed by atoms with Gasteiger partial charge in [-0.3, -0.25) is 0 Å². The van der Waals surface area contributed by atoms with E-state index in [1.54, 1.807) is 0 Å². The Kier molecular flexibility index (Phi) is 14.1. The minimum Gasteiger partial charge on any atom is -0.354 e. The van der Waals surface area contributed by atoms with Crippen LogP contribution in [0.15, 0.2) is 170 Å². The van der Waals surface area contributed by atoms with Crippen molar-refractivity contribution in [2.45, 2.75) is 39.3 Å². The van der Waals surface area contributed by atoms with E-state index in [1.807, 2.05) is 36.4 Å². The molecule has 0 spiro atoms. The maximum atomic E-state index is 5.44. The van der Waals surface area contributed by atoms with Crippen molar-refractivity contribution in [3.8, 4) is 91.1 Å². The van der Waals surface area contributed by atoms with Gasteiger partial charge in [-0.25, -0.2) is 19.9 Å². The molecule has 10 heterocycles. The zero-order valence-electron chi connectivity index (χ0n) is 49.6. The molecule has 4 aromatic carbocycles. The van der Waals surface area contributed by atoms with Crippen molar-refractivity contribution in [1.82, 2.24) is 39.9 Å². The van der Waals surface area contributed by atoms with Crippen LogP contribution in [0.4, 0.5) is 0 Å². The smallest absolute Gasteiger partial charge is 0.129 e.